The molecule has 4 aromatic rings. The van der Waals surface area contributed by atoms with Gasteiger partial charge in [-0.25, -0.2) is 0 Å². The number of para-hydroxylation sites is 2. The maximum Gasteiger partial charge on any atom is 0.0645 e. The maximum absolute atomic E-state index is 8.54. The largest absolute Gasteiger partial charge is 0.309 e. The summed E-state index contributed by atoms with van der Waals surface area (Å²) in [5, 5.41) is 2.25. The molecule has 0 radical (unpaired) electrons. The Balaban J connectivity index is 2.19. The number of hydrogen-bond acceptors (Lipinski definition) is 0. The standard InChI is InChI=1S/C22H21N/c1-22(2,3)16-9-8-10-17(15-16)23-20-13-6-4-11-18(20)19-12-5-7-14-21(19)23/h4-15H,1-3H3/i8D,9D,10D. The van der Waals surface area contributed by atoms with E-state index >= 15 is 0 Å². The minimum absolute atomic E-state index is 0.0192. The van der Waals surface area contributed by atoms with Crippen molar-refractivity contribution in [3.05, 3.63) is 78.3 Å². The summed E-state index contributed by atoms with van der Waals surface area (Å²) in [6, 6.07) is 18.4. The summed E-state index contributed by atoms with van der Waals surface area (Å²) in [6.07, 6.45) is 0. The molecule has 0 aliphatic heterocycles. The van der Waals surface area contributed by atoms with Gasteiger partial charge < -0.3 is 4.57 Å². The molecule has 0 amide bonds. The number of fused-ring (bicyclic) bond motifs is 3. The summed E-state index contributed by atoms with van der Waals surface area (Å²) >= 11 is 0. The highest BCUT2D eigenvalue weighted by Gasteiger charge is 2.16. The van der Waals surface area contributed by atoms with Crippen LogP contribution in [0.1, 0.15) is 30.4 Å². The van der Waals surface area contributed by atoms with Gasteiger partial charge in [0.05, 0.1) is 15.1 Å². The third-order valence-electron chi connectivity index (χ3n) is 4.30. The van der Waals surface area contributed by atoms with Crippen LogP contribution in [0.25, 0.3) is 27.5 Å². The Bertz CT molecular complexity index is 1100. The highest BCUT2D eigenvalue weighted by Crippen LogP contribution is 2.33. The molecule has 4 rings (SSSR count). The first-order valence-corrected chi connectivity index (χ1v) is 7.90. The topological polar surface area (TPSA) is 4.93 Å². The Labute approximate surface area is 141 Å². The van der Waals surface area contributed by atoms with Crippen molar-refractivity contribution >= 4 is 21.8 Å². The van der Waals surface area contributed by atoms with Crippen LogP contribution in [-0.4, -0.2) is 4.57 Å². The second kappa shape index (κ2) is 4.99. The van der Waals surface area contributed by atoms with Gasteiger partial charge in [0.25, 0.3) is 0 Å². The van der Waals surface area contributed by atoms with Crippen molar-refractivity contribution in [2.45, 2.75) is 26.2 Å². The van der Waals surface area contributed by atoms with Gasteiger partial charge in [-0.15, -0.1) is 0 Å². The first-order chi connectivity index (χ1) is 12.3. The molecule has 1 heterocycles. The van der Waals surface area contributed by atoms with E-state index in [1.54, 1.807) is 0 Å². The SMILES string of the molecule is [2H]c1c(-n2c3ccccc3c3ccccc32)cc(C(C)(C)C)c([2H])c1[2H]. The minimum atomic E-state index is -0.270. The van der Waals surface area contributed by atoms with Crippen LogP contribution < -0.4 is 0 Å². The Morgan fingerprint density at radius 3 is 1.96 bits per heavy atom. The molecule has 1 heteroatoms. The number of nitrogens with zero attached hydrogens (tertiary/aromatic N) is 1. The molecule has 0 fully saturated rings. The average molecular weight is 302 g/mol. The predicted molar refractivity (Wildman–Crippen MR) is 99.5 cm³/mol. The molecule has 0 spiro atoms. The third-order valence-corrected chi connectivity index (χ3v) is 4.30. The molecule has 0 aliphatic rings. The lowest BCUT2D eigenvalue weighted by Gasteiger charge is -2.20. The summed E-state index contributed by atoms with van der Waals surface area (Å²) < 4.78 is 27.3. The molecule has 114 valence electrons. The van der Waals surface area contributed by atoms with Crippen molar-refractivity contribution in [2.75, 3.05) is 0 Å². The van der Waals surface area contributed by atoms with E-state index in [9.17, 15) is 0 Å². The van der Waals surface area contributed by atoms with Gasteiger partial charge in [-0.2, -0.15) is 0 Å². The van der Waals surface area contributed by atoms with Crippen LogP contribution in [0.5, 0.6) is 0 Å². The molecule has 0 unspecified atom stereocenters. The summed E-state index contributed by atoms with van der Waals surface area (Å²) in [4.78, 5) is 0. The molecule has 0 saturated carbocycles. The van der Waals surface area contributed by atoms with Gasteiger partial charge in [0.15, 0.2) is 0 Å². The number of aromatic nitrogens is 1. The van der Waals surface area contributed by atoms with Crippen LogP contribution in [0.15, 0.2) is 72.7 Å². The van der Waals surface area contributed by atoms with Crippen LogP contribution in [0.3, 0.4) is 0 Å². The van der Waals surface area contributed by atoms with Crippen LogP contribution in [0.4, 0.5) is 0 Å². The fourth-order valence-corrected chi connectivity index (χ4v) is 3.08. The molecule has 0 bridgehead atoms. The Hall–Kier alpha value is -2.54. The third kappa shape index (κ3) is 2.24. The second-order valence-corrected chi connectivity index (χ2v) is 6.94. The number of rotatable bonds is 1. The molecule has 0 saturated heterocycles. The van der Waals surface area contributed by atoms with Gasteiger partial charge in [-0.3, -0.25) is 0 Å². The summed E-state index contributed by atoms with van der Waals surface area (Å²) in [7, 11) is 0. The zero-order chi connectivity index (χ0) is 18.6. The van der Waals surface area contributed by atoms with Crippen molar-refractivity contribution in [3.63, 3.8) is 0 Å². The second-order valence-electron chi connectivity index (χ2n) is 6.94. The molecule has 0 N–H and O–H groups in total. The van der Waals surface area contributed by atoms with E-state index in [4.69, 9.17) is 4.11 Å². The summed E-state index contributed by atoms with van der Waals surface area (Å²) in [5.74, 6) is 0. The zero-order valence-electron chi connectivity index (χ0n) is 16.6. The molecule has 1 nitrogen and oxygen atoms in total. The zero-order valence-corrected chi connectivity index (χ0v) is 13.6. The van der Waals surface area contributed by atoms with Gasteiger partial charge in [-0.1, -0.05) is 69.3 Å². The predicted octanol–water partition coefficient (Wildman–Crippen LogP) is 6.08. The lowest BCUT2D eigenvalue weighted by atomic mass is 9.87. The number of benzene rings is 3. The van der Waals surface area contributed by atoms with Crippen molar-refractivity contribution in [1.82, 2.24) is 4.57 Å². The van der Waals surface area contributed by atoms with Gasteiger partial charge in [-0.05, 0) is 35.2 Å². The minimum Gasteiger partial charge on any atom is -0.309 e. The van der Waals surface area contributed by atoms with Gasteiger partial charge in [0.2, 0.25) is 0 Å². The monoisotopic (exact) mass is 302 g/mol. The van der Waals surface area contributed by atoms with Gasteiger partial charge in [0.1, 0.15) is 0 Å². The average Bonchev–Trinajstić information content (AvgIpc) is 2.94. The smallest absolute Gasteiger partial charge is 0.0645 e. The Morgan fingerprint density at radius 2 is 1.39 bits per heavy atom. The van der Waals surface area contributed by atoms with E-state index < -0.39 is 0 Å². The normalized spacial score (nSPS) is 14.0. The lowest BCUT2D eigenvalue weighted by Crippen LogP contribution is -2.11. The Kier molecular flexibility index (Phi) is 2.40. The first kappa shape index (κ1) is 11.1. The van der Waals surface area contributed by atoms with Gasteiger partial charge >= 0.3 is 0 Å². The van der Waals surface area contributed by atoms with E-state index in [2.05, 4.69) is 16.7 Å². The fraction of sp³-hybridized carbons (Fsp3) is 0.182. The van der Waals surface area contributed by atoms with Crippen molar-refractivity contribution in [2.24, 2.45) is 0 Å². The molecule has 0 atom stereocenters. The van der Waals surface area contributed by atoms with E-state index in [0.29, 0.717) is 5.69 Å². The molecule has 23 heavy (non-hydrogen) atoms. The van der Waals surface area contributed by atoms with Crippen LogP contribution >= 0.6 is 0 Å². The molecular weight excluding hydrogens is 278 g/mol. The summed E-state index contributed by atoms with van der Waals surface area (Å²) in [6.45, 7) is 6.12. The fourth-order valence-electron chi connectivity index (χ4n) is 3.08. The van der Waals surface area contributed by atoms with E-state index in [0.717, 1.165) is 27.4 Å². The Morgan fingerprint density at radius 1 is 0.826 bits per heavy atom. The van der Waals surface area contributed by atoms with Crippen LogP contribution in [0, 0.1) is 0 Å². The summed E-state index contributed by atoms with van der Waals surface area (Å²) in [5.41, 5.74) is 3.20. The van der Waals surface area contributed by atoms with Crippen LogP contribution in [-0.2, 0) is 5.41 Å². The quantitative estimate of drug-likeness (QED) is 0.401. The van der Waals surface area contributed by atoms with Gasteiger partial charge in [0, 0.05) is 16.5 Å². The highest BCUT2D eigenvalue weighted by molar-refractivity contribution is 6.09. The first-order valence-electron chi connectivity index (χ1n) is 9.40. The van der Waals surface area contributed by atoms with Crippen LogP contribution in [0.2, 0.25) is 0 Å². The molecular formula is C22H21N. The molecule has 0 aliphatic carbocycles. The molecule has 3 aromatic carbocycles. The lowest BCUT2D eigenvalue weighted by molar-refractivity contribution is 0.590. The number of hydrogen-bond donors (Lipinski definition) is 0. The maximum atomic E-state index is 8.54. The van der Waals surface area contributed by atoms with Crippen molar-refractivity contribution < 1.29 is 4.11 Å². The van der Waals surface area contributed by atoms with E-state index in [1.807, 2.05) is 63.2 Å². The highest BCUT2D eigenvalue weighted by atomic mass is 15.0. The van der Waals surface area contributed by atoms with E-state index in [-0.39, 0.29) is 23.5 Å². The van der Waals surface area contributed by atoms with Crippen molar-refractivity contribution in [3.8, 4) is 5.69 Å². The van der Waals surface area contributed by atoms with E-state index in [1.165, 1.54) is 0 Å². The van der Waals surface area contributed by atoms with Crippen molar-refractivity contribution in [1.29, 1.82) is 0 Å². The molecule has 1 aromatic heterocycles.